The van der Waals surface area contributed by atoms with E-state index in [-0.39, 0.29) is 5.69 Å². The molecule has 9 heteroatoms. The summed E-state index contributed by atoms with van der Waals surface area (Å²) >= 11 is 1.13. The van der Waals surface area contributed by atoms with Crippen molar-refractivity contribution in [3.05, 3.63) is 45.9 Å². The molecule has 21 heavy (non-hydrogen) atoms. The summed E-state index contributed by atoms with van der Waals surface area (Å²) in [7, 11) is 0. The molecule has 1 aromatic carbocycles. The number of hydrogen-bond donors (Lipinski definition) is 2. The van der Waals surface area contributed by atoms with Crippen molar-refractivity contribution in [2.75, 3.05) is 5.32 Å². The van der Waals surface area contributed by atoms with Crippen molar-refractivity contribution in [1.29, 1.82) is 0 Å². The maximum Gasteiger partial charge on any atom is 0.416 e. The summed E-state index contributed by atoms with van der Waals surface area (Å²) in [5.74, 6) is -2.23. The van der Waals surface area contributed by atoms with Gasteiger partial charge >= 0.3 is 12.1 Å². The van der Waals surface area contributed by atoms with Gasteiger partial charge in [-0.05, 0) is 18.2 Å². The number of carbonyl (C=O) groups is 2. The molecule has 1 amide bonds. The maximum atomic E-state index is 12.6. The van der Waals surface area contributed by atoms with Gasteiger partial charge in [0.15, 0.2) is 0 Å². The number of nitrogens with one attached hydrogen (secondary N) is 1. The Bertz CT molecular complexity index is 684. The van der Waals surface area contributed by atoms with Gasteiger partial charge in [-0.1, -0.05) is 0 Å². The third-order valence-electron chi connectivity index (χ3n) is 2.49. The van der Waals surface area contributed by atoms with Crippen molar-refractivity contribution in [3.8, 4) is 0 Å². The molecule has 0 aliphatic carbocycles. The number of halogens is 3. The molecule has 0 bridgehead atoms. The number of thiazole rings is 1. The highest BCUT2D eigenvalue weighted by atomic mass is 32.1. The van der Waals surface area contributed by atoms with Gasteiger partial charge in [-0.2, -0.15) is 13.2 Å². The van der Waals surface area contributed by atoms with Gasteiger partial charge in [0, 0.05) is 5.38 Å². The quantitative estimate of drug-likeness (QED) is 0.912. The van der Waals surface area contributed by atoms with Gasteiger partial charge in [-0.3, -0.25) is 4.79 Å². The van der Waals surface area contributed by atoms with E-state index in [9.17, 15) is 22.8 Å². The lowest BCUT2D eigenvalue weighted by Gasteiger charge is -2.12. The lowest BCUT2D eigenvalue weighted by Crippen LogP contribution is -2.16. The van der Waals surface area contributed by atoms with E-state index in [1.807, 2.05) is 0 Å². The molecule has 0 fully saturated rings. The monoisotopic (exact) mass is 316 g/mol. The number of rotatable bonds is 3. The predicted octanol–water partition coefficient (Wildman–Crippen LogP) is 3.11. The topological polar surface area (TPSA) is 79.3 Å². The van der Waals surface area contributed by atoms with E-state index >= 15 is 0 Å². The number of aromatic carboxylic acids is 1. The largest absolute Gasteiger partial charge is 0.478 e. The Morgan fingerprint density at radius 1 is 1.29 bits per heavy atom. The molecule has 0 atom stereocenters. The third kappa shape index (κ3) is 3.37. The summed E-state index contributed by atoms with van der Waals surface area (Å²) in [5, 5.41) is 12.5. The van der Waals surface area contributed by atoms with Gasteiger partial charge in [0.2, 0.25) is 0 Å². The summed E-state index contributed by atoms with van der Waals surface area (Å²) in [4.78, 5) is 26.5. The van der Waals surface area contributed by atoms with E-state index in [2.05, 4.69) is 10.3 Å². The molecule has 0 saturated carbocycles. The molecule has 0 aliphatic heterocycles. The Morgan fingerprint density at radius 3 is 2.52 bits per heavy atom. The highest BCUT2D eigenvalue weighted by molar-refractivity contribution is 7.07. The van der Waals surface area contributed by atoms with Crippen molar-refractivity contribution in [3.63, 3.8) is 0 Å². The highest BCUT2D eigenvalue weighted by Gasteiger charge is 2.31. The number of carboxylic acids is 1. The van der Waals surface area contributed by atoms with Gasteiger partial charge in [-0.15, -0.1) is 11.3 Å². The summed E-state index contributed by atoms with van der Waals surface area (Å²) in [5.41, 5.74) is -0.559. The molecule has 0 unspecified atom stereocenters. The van der Waals surface area contributed by atoms with Crippen molar-refractivity contribution >= 4 is 28.9 Å². The molecule has 110 valence electrons. The number of amides is 1. The van der Waals surface area contributed by atoms with Crippen molar-refractivity contribution in [2.24, 2.45) is 0 Å². The number of hydrogen-bond acceptors (Lipinski definition) is 4. The lowest BCUT2D eigenvalue weighted by molar-refractivity contribution is -0.137. The first-order valence-corrected chi connectivity index (χ1v) is 6.37. The number of nitrogens with zero attached hydrogens (tertiary/aromatic N) is 1. The van der Waals surface area contributed by atoms with Gasteiger partial charge in [0.25, 0.3) is 5.91 Å². The standard InChI is InChI=1S/C12H7F3N2O3S/c13-12(14,15)6-1-2-7(11(19)20)8(3-6)17-10(18)9-4-21-5-16-9/h1-5H,(H,17,18)(H,19,20). The second kappa shape index (κ2) is 5.52. The molecular weight excluding hydrogens is 309 g/mol. The normalized spacial score (nSPS) is 11.2. The fourth-order valence-electron chi connectivity index (χ4n) is 1.52. The van der Waals surface area contributed by atoms with Crippen LogP contribution in [0.1, 0.15) is 26.4 Å². The van der Waals surface area contributed by atoms with Gasteiger partial charge in [-0.25, -0.2) is 9.78 Å². The summed E-state index contributed by atoms with van der Waals surface area (Å²) < 4.78 is 37.9. The first kappa shape index (κ1) is 15.0. The lowest BCUT2D eigenvalue weighted by atomic mass is 10.1. The molecule has 0 radical (unpaired) electrons. The van der Waals surface area contributed by atoms with E-state index in [1.165, 1.54) is 10.9 Å². The Kier molecular flexibility index (Phi) is 3.94. The van der Waals surface area contributed by atoms with Gasteiger partial charge in [0.05, 0.1) is 22.3 Å². The Hall–Kier alpha value is -2.42. The minimum absolute atomic E-state index is 0.00579. The second-order valence-electron chi connectivity index (χ2n) is 3.89. The van der Waals surface area contributed by atoms with Crippen LogP contribution in [0.5, 0.6) is 0 Å². The van der Waals surface area contributed by atoms with Gasteiger partial charge in [0.1, 0.15) is 5.69 Å². The zero-order chi connectivity index (χ0) is 15.6. The van der Waals surface area contributed by atoms with E-state index in [4.69, 9.17) is 5.11 Å². The molecule has 2 aromatic rings. The second-order valence-corrected chi connectivity index (χ2v) is 4.61. The first-order chi connectivity index (χ1) is 9.79. The van der Waals surface area contributed by atoms with Crippen LogP contribution in [0, 0.1) is 0 Å². The van der Waals surface area contributed by atoms with E-state index < -0.39 is 34.9 Å². The number of benzene rings is 1. The average molecular weight is 316 g/mol. The number of aromatic nitrogens is 1. The SMILES string of the molecule is O=C(Nc1cc(C(F)(F)F)ccc1C(=O)O)c1cscn1. The average Bonchev–Trinajstić information content (AvgIpc) is 2.91. The Labute approximate surface area is 120 Å². The zero-order valence-corrected chi connectivity index (χ0v) is 11.0. The van der Waals surface area contributed by atoms with Crippen LogP contribution in [0.2, 0.25) is 0 Å². The molecule has 2 N–H and O–H groups in total. The van der Waals surface area contributed by atoms with Crippen LogP contribution in [-0.4, -0.2) is 22.0 Å². The predicted molar refractivity (Wildman–Crippen MR) is 68.5 cm³/mol. The number of anilines is 1. The maximum absolute atomic E-state index is 12.6. The molecule has 5 nitrogen and oxygen atoms in total. The minimum Gasteiger partial charge on any atom is -0.478 e. The van der Waals surface area contributed by atoms with Crippen molar-refractivity contribution in [1.82, 2.24) is 4.98 Å². The number of carbonyl (C=O) groups excluding carboxylic acids is 1. The molecule has 0 saturated heterocycles. The Balaban J connectivity index is 2.39. The van der Waals surface area contributed by atoms with Gasteiger partial charge < -0.3 is 10.4 Å². The smallest absolute Gasteiger partial charge is 0.416 e. The number of alkyl halides is 3. The molecule has 2 rings (SSSR count). The highest BCUT2D eigenvalue weighted by Crippen LogP contribution is 2.32. The van der Waals surface area contributed by atoms with Crippen molar-refractivity contribution in [2.45, 2.75) is 6.18 Å². The van der Waals surface area contributed by atoms with E-state index in [0.29, 0.717) is 12.1 Å². The molecule has 1 aromatic heterocycles. The van der Waals surface area contributed by atoms with E-state index in [1.54, 1.807) is 0 Å². The van der Waals surface area contributed by atoms with Crippen LogP contribution >= 0.6 is 11.3 Å². The van der Waals surface area contributed by atoms with Crippen molar-refractivity contribution < 1.29 is 27.9 Å². The number of carboxylic acid groups (broad SMARTS) is 1. The zero-order valence-electron chi connectivity index (χ0n) is 10.1. The summed E-state index contributed by atoms with van der Waals surface area (Å²) in [6.07, 6.45) is -4.64. The molecule has 0 spiro atoms. The van der Waals surface area contributed by atoms with E-state index in [0.717, 1.165) is 17.4 Å². The van der Waals surface area contributed by atoms with Crippen LogP contribution in [0.15, 0.2) is 29.1 Å². The van der Waals surface area contributed by atoms with Crippen LogP contribution in [-0.2, 0) is 6.18 Å². The van der Waals surface area contributed by atoms with Crippen LogP contribution < -0.4 is 5.32 Å². The molecular formula is C12H7F3N2O3S. The fourth-order valence-corrected chi connectivity index (χ4v) is 2.05. The Morgan fingerprint density at radius 2 is 2.00 bits per heavy atom. The summed E-state index contributed by atoms with van der Waals surface area (Å²) in [6, 6.07) is 2.01. The van der Waals surface area contributed by atoms with Crippen LogP contribution in [0.3, 0.4) is 0 Å². The first-order valence-electron chi connectivity index (χ1n) is 5.43. The minimum atomic E-state index is -4.64. The van der Waals surface area contributed by atoms with Crippen LogP contribution in [0.4, 0.5) is 18.9 Å². The summed E-state index contributed by atoms with van der Waals surface area (Å²) in [6.45, 7) is 0. The van der Waals surface area contributed by atoms with Crippen LogP contribution in [0.25, 0.3) is 0 Å². The fraction of sp³-hybridized carbons (Fsp3) is 0.0833. The molecule has 1 heterocycles. The third-order valence-corrected chi connectivity index (χ3v) is 3.08. The molecule has 0 aliphatic rings.